The van der Waals surface area contributed by atoms with Gasteiger partial charge in [-0.15, -0.1) is 0 Å². The summed E-state index contributed by atoms with van der Waals surface area (Å²) < 4.78 is 29.8. The van der Waals surface area contributed by atoms with Gasteiger partial charge in [-0.25, -0.2) is 9.59 Å². The van der Waals surface area contributed by atoms with Crippen molar-refractivity contribution in [1.82, 2.24) is 0 Å². The molecule has 48 heavy (non-hydrogen) atoms. The molecule has 9 atom stereocenters. The third-order valence-corrected chi connectivity index (χ3v) is 8.99. The molecule has 2 bridgehead atoms. The Hall–Kier alpha value is -3.90. The van der Waals surface area contributed by atoms with Crippen LogP contribution in [0, 0.1) is 16.0 Å². The molecule has 4 aliphatic heterocycles. The maximum absolute atomic E-state index is 13.2. The number of non-ortho nitro benzene ring substituents is 1. The zero-order valence-corrected chi connectivity index (χ0v) is 27.5. The first-order chi connectivity index (χ1) is 23.0. The lowest BCUT2D eigenvalue weighted by Gasteiger charge is -2.28. The molecule has 11 nitrogen and oxygen atoms in total. The van der Waals surface area contributed by atoms with E-state index in [1.54, 1.807) is 18.2 Å². The fourth-order valence-electron chi connectivity index (χ4n) is 6.46. The number of carbonyl (C=O) groups excluding carboxylic acids is 2. The second kappa shape index (κ2) is 16.5. The Balaban J connectivity index is 1.35. The number of carbonyl (C=O) groups is 2. The Kier molecular flexibility index (Phi) is 12.2. The van der Waals surface area contributed by atoms with Crippen LogP contribution >= 0.6 is 0 Å². The van der Waals surface area contributed by atoms with Gasteiger partial charge in [-0.05, 0) is 57.1 Å². The van der Waals surface area contributed by atoms with Crippen molar-refractivity contribution in [3.63, 3.8) is 0 Å². The normalized spacial score (nSPS) is 32.9. The van der Waals surface area contributed by atoms with Gasteiger partial charge in [-0.1, -0.05) is 61.1 Å². The molecular weight excluding hydrogens is 618 g/mol. The molecule has 9 unspecified atom stereocenters. The summed E-state index contributed by atoms with van der Waals surface area (Å²) in [5.41, 5.74) is 2.11. The molecule has 1 aromatic rings. The van der Waals surface area contributed by atoms with Crippen LogP contribution in [-0.4, -0.2) is 77.4 Å². The zero-order valence-electron chi connectivity index (χ0n) is 27.5. The molecule has 1 N–H and O–H groups in total. The SMILES string of the molecule is C=C1CC(C)CC2CC=CC(C/C=C\C(=O)OC(C(O)C=CC3CC(C)=CCO3)CC3OC3C(OC(=O)c3ccc([N+](=O)[O-])cc3)C1)O2. The monoisotopic (exact) mass is 663 g/mol. The molecular formula is C37H45NO10. The molecule has 4 heterocycles. The van der Waals surface area contributed by atoms with E-state index >= 15 is 0 Å². The van der Waals surface area contributed by atoms with Gasteiger partial charge in [0.15, 0.2) is 0 Å². The maximum atomic E-state index is 13.2. The lowest BCUT2D eigenvalue weighted by molar-refractivity contribution is -0.384. The highest BCUT2D eigenvalue weighted by Crippen LogP contribution is 2.37. The van der Waals surface area contributed by atoms with Crippen molar-refractivity contribution in [3.8, 4) is 0 Å². The molecule has 0 saturated carbocycles. The van der Waals surface area contributed by atoms with Crippen LogP contribution in [0.25, 0.3) is 0 Å². The summed E-state index contributed by atoms with van der Waals surface area (Å²) in [5, 5.41) is 22.3. The van der Waals surface area contributed by atoms with Crippen LogP contribution in [0.2, 0.25) is 0 Å². The van der Waals surface area contributed by atoms with Gasteiger partial charge in [0, 0.05) is 31.1 Å². The van der Waals surface area contributed by atoms with Gasteiger partial charge in [0.2, 0.25) is 0 Å². The predicted molar refractivity (Wildman–Crippen MR) is 177 cm³/mol. The number of benzene rings is 1. The standard InChI is InChI=1S/C37H45NO10/c1-23-16-17-44-29(19-23)14-15-31(39)32-22-34-36(47-34)33(48-37(41)26-10-12-27(13-11-26)38(42)43)21-25(3)18-24(2)20-30-8-4-6-28(45-30)7-5-9-35(40)46-32/h4-6,9-16,24,28-34,36,39H,3,7-8,17-22H2,1-2H3/b9-5-,15-14?. The average Bonchev–Trinajstić information content (AvgIpc) is 3.82. The molecule has 0 amide bonds. The summed E-state index contributed by atoms with van der Waals surface area (Å²) in [7, 11) is 0. The summed E-state index contributed by atoms with van der Waals surface area (Å²) >= 11 is 0. The Labute approximate surface area is 281 Å². The number of nitrogens with zero attached hydrogens (tertiary/aromatic N) is 1. The van der Waals surface area contributed by atoms with E-state index in [1.165, 1.54) is 35.9 Å². The largest absolute Gasteiger partial charge is 0.456 e. The third-order valence-electron chi connectivity index (χ3n) is 8.99. The lowest BCUT2D eigenvalue weighted by Crippen LogP contribution is -2.33. The van der Waals surface area contributed by atoms with Crippen molar-refractivity contribution in [2.45, 2.75) is 108 Å². The number of epoxide rings is 1. The van der Waals surface area contributed by atoms with Crippen molar-refractivity contribution in [2.24, 2.45) is 5.92 Å². The van der Waals surface area contributed by atoms with Gasteiger partial charge < -0.3 is 28.8 Å². The van der Waals surface area contributed by atoms with Gasteiger partial charge in [0.05, 0.1) is 41.5 Å². The highest BCUT2D eigenvalue weighted by molar-refractivity contribution is 5.89. The minimum Gasteiger partial charge on any atom is -0.456 e. The van der Waals surface area contributed by atoms with E-state index in [2.05, 4.69) is 19.6 Å². The minimum absolute atomic E-state index is 0.0210. The van der Waals surface area contributed by atoms with Gasteiger partial charge in [-0.3, -0.25) is 10.1 Å². The molecule has 1 aromatic carbocycles. The van der Waals surface area contributed by atoms with E-state index in [1.807, 2.05) is 19.1 Å². The predicted octanol–water partition coefficient (Wildman–Crippen LogP) is 5.88. The summed E-state index contributed by atoms with van der Waals surface area (Å²) in [4.78, 5) is 36.7. The molecule has 0 aromatic heterocycles. The van der Waals surface area contributed by atoms with Crippen LogP contribution < -0.4 is 0 Å². The van der Waals surface area contributed by atoms with E-state index in [9.17, 15) is 24.8 Å². The smallest absolute Gasteiger partial charge is 0.338 e. The maximum Gasteiger partial charge on any atom is 0.338 e. The lowest BCUT2D eigenvalue weighted by atomic mass is 9.90. The number of aliphatic hydroxyl groups is 1. The summed E-state index contributed by atoms with van der Waals surface area (Å²) in [6.07, 6.45) is 12.4. The van der Waals surface area contributed by atoms with Gasteiger partial charge in [0.25, 0.3) is 5.69 Å². The van der Waals surface area contributed by atoms with Crippen LogP contribution in [-0.2, 0) is 28.5 Å². The summed E-state index contributed by atoms with van der Waals surface area (Å²) in [5.74, 6) is -0.994. The number of rotatable bonds is 6. The van der Waals surface area contributed by atoms with Gasteiger partial charge in [0.1, 0.15) is 24.4 Å². The average molecular weight is 664 g/mol. The fraction of sp³-hybridized carbons (Fsp3) is 0.514. The topological polar surface area (TPSA) is 147 Å². The Morgan fingerprint density at radius 1 is 1.12 bits per heavy atom. The zero-order chi connectivity index (χ0) is 34.2. The molecule has 4 aliphatic rings. The Morgan fingerprint density at radius 2 is 1.92 bits per heavy atom. The van der Waals surface area contributed by atoms with Gasteiger partial charge in [-0.2, -0.15) is 0 Å². The van der Waals surface area contributed by atoms with E-state index in [0.29, 0.717) is 32.3 Å². The molecule has 11 heteroatoms. The Morgan fingerprint density at radius 3 is 2.67 bits per heavy atom. The minimum atomic E-state index is -1.14. The molecule has 5 rings (SSSR count). The van der Waals surface area contributed by atoms with Crippen LogP contribution in [0.1, 0.15) is 69.2 Å². The van der Waals surface area contributed by atoms with Crippen molar-refractivity contribution in [1.29, 1.82) is 0 Å². The first kappa shape index (κ1) is 35.4. The van der Waals surface area contributed by atoms with Gasteiger partial charge >= 0.3 is 11.9 Å². The fourth-order valence-corrected chi connectivity index (χ4v) is 6.46. The first-order valence-electron chi connectivity index (χ1n) is 16.6. The van der Waals surface area contributed by atoms with Crippen molar-refractivity contribution in [2.75, 3.05) is 6.61 Å². The number of esters is 2. The number of nitro groups is 1. The second-order valence-corrected chi connectivity index (χ2v) is 13.2. The molecule has 258 valence electrons. The highest BCUT2D eigenvalue weighted by atomic mass is 16.6. The van der Waals surface area contributed by atoms with Crippen molar-refractivity contribution < 1.29 is 43.3 Å². The summed E-state index contributed by atoms with van der Waals surface area (Å²) in [6.45, 7) is 8.95. The number of hydrogen-bond donors (Lipinski definition) is 1. The van der Waals surface area contributed by atoms with Crippen LogP contribution in [0.15, 0.2) is 84.5 Å². The molecule has 0 spiro atoms. The Bertz CT molecular complexity index is 1450. The van der Waals surface area contributed by atoms with Crippen LogP contribution in [0.3, 0.4) is 0 Å². The summed E-state index contributed by atoms with van der Waals surface area (Å²) in [6, 6.07) is 5.22. The molecule has 0 aliphatic carbocycles. The number of ether oxygens (including phenoxy) is 5. The first-order valence-corrected chi connectivity index (χ1v) is 16.6. The number of cyclic esters (lactones) is 1. The molecule has 1 saturated heterocycles. The number of fused-ring (bicyclic) bond motifs is 3. The van der Waals surface area contributed by atoms with E-state index < -0.39 is 47.4 Å². The van der Waals surface area contributed by atoms with E-state index in [-0.39, 0.29) is 41.9 Å². The van der Waals surface area contributed by atoms with E-state index in [0.717, 1.165) is 18.4 Å². The van der Waals surface area contributed by atoms with Crippen LogP contribution in [0.5, 0.6) is 0 Å². The number of hydrogen-bond acceptors (Lipinski definition) is 10. The quantitative estimate of drug-likeness (QED) is 0.129. The van der Waals surface area contributed by atoms with Crippen molar-refractivity contribution in [3.05, 3.63) is 100 Å². The number of nitro benzene ring substituents is 1. The van der Waals surface area contributed by atoms with Crippen LogP contribution in [0.4, 0.5) is 5.69 Å². The highest BCUT2D eigenvalue weighted by Gasteiger charge is 2.49. The number of aliphatic hydroxyl groups excluding tert-OH is 1. The van der Waals surface area contributed by atoms with E-state index in [4.69, 9.17) is 23.7 Å². The molecule has 1 fully saturated rings. The van der Waals surface area contributed by atoms with Crippen molar-refractivity contribution >= 4 is 17.6 Å². The third kappa shape index (κ3) is 10.3. The second-order valence-electron chi connectivity index (χ2n) is 13.2. The molecule has 0 radical (unpaired) electrons.